The largest absolute Gasteiger partial charge is 0.321 e. The zero-order chi connectivity index (χ0) is 20.4. The molecule has 3 aromatic carbocycles. The van der Waals surface area contributed by atoms with Gasteiger partial charge in [-0.3, -0.25) is 9.59 Å². The number of rotatable bonds is 4. The number of fused-ring (bicyclic) bond motifs is 1. The van der Waals surface area contributed by atoms with Crippen molar-refractivity contribution in [2.45, 2.75) is 6.92 Å². The Bertz CT molecular complexity index is 1300. The summed E-state index contributed by atoms with van der Waals surface area (Å²) in [5.74, 6) is -0.818. The summed E-state index contributed by atoms with van der Waals surface area (Å²) in [6, 6.07) is 21.0. The van der Waals surface area contributed by atoms with Crippen molar-refractivity contribution in [1.29, 1.82) is 0 Å². The SMILES string of the molecule is Cc1ccc2[nH]c(=O)c(C(=O)/C=C/c3cccc(F)c3)c(-c3ccccc3)c2c1. The van der Waals surface area contributed by atoms with Crippen LogP contribution in [0.1, 0.15) is 21.5 Å². The molecular weight excluding hydrogens is 365 g/mol. The minimum atomic E-state index is -0.450. The summed E-state index contributed by atoms with van der Waals surface area (Å²) in [6.07, 6.45) is 2.83. The lowest BCUT2D eigenvalue weighted by atomic mass is 9.93. The first-order chi connectivity index (χ1) is 14.0. The van der Waals surface area contributed by atoms with Gasteiger partial charge in [-0.2, -0.15) is 0 Å². The van der Waals surface area contributed by atoms with Crippen molar-refractivity contribution < 1.29 is 9.18 Å². The lowest BCUT2D eigenvalue weighted by Crippen LogP contribution is -2.18. The number of pyridine rings is 1. The Labute approximate surface area is 167 Å². The van der Waals surface area contributed by atoms with E-state index in [1.54, 1.807) is 12.1 Å². The fraction of sp³-hybridized carbons (Fsp3) is 0.0400. The quantitative estimate of drug-likeness (QED) is 0.372. The number of aromatic amines is 1. The molecule has 0 fully saturated rings. The second kappa shape index (κ2) is 7.68. The molecule has 0 saturated heterocycles. The number of hydrogen-bond donors (Lipinski definition) is 1. The third-order valence-electron chi connectivity index (χ3n) is 4.75. The van der Waals surface area contributed by atoms with Gasteiger partial charge in [0.2, 0.25) is 0 Å². The molecule has 4 rings (SSSR count). The zero-order valence-corrected chi connectivity index (χ0v) is 15.8. The molecule has 142 valence electrons. The Morgan fingerprint density at radius 2 is 1.76 bits per heavy atom. The fourth-order valence-corrected chi connectivity index (χ4v) is 3.41. The van der Waals surface area contributed by atoms with Gasteiger partial charge in [0.1, 0.15) is 5.82 Å². The van der Waals surface area contributed by atoms with Crippen LogP contribution in [0.4, 0.5) is 4.39 Å². The van der Waals surface area contributed by atoms with Gasteiger partial charge < -0.3 is 4.98 Å². The molecule has 0 unspecified atom stereocenters. The molecule has 4 aromatic rings. The highest BCUT2D eigenvalue weighted by atomic mass is 19.1. The number of nitrogens with one attached hydrogen (secondary N) is 1. The number of ketones is 1. The van der Waals surface area contributed by atoms with Crippen LogP contribution in [0, 0.1) is 12.7 Å². The Balaban J connectivity index is 1.92. The van der Waals surface area contributed by atoms with Crippen LogP contribution in [-0.4, -0.2) is 10.8 Å². The van der Waals surface area contributed by atoms with E-state index in [9.17, 15) is 14.0 Å². The van der Waals surface area contributed by atoms with Crippen molar-refractivity contribution in [1.82, 2.24) is 4.98 Å². The number of benzene rings is 3. The van der Waals surface area contributed by atoms with E-state index in [1.807, 2.05) is 55.5 Å². The maximum absolute atomic E-state index is 13.4. The first kappa shape index (κ1) is 18.6. The standard InChI is InChI=1S/C25H18FNO2/c1-16-10-12-21-20(14-16)23(18-7-3-2-4-8-18)24(25(29)27-21)22(28)13-11-17-6-5-9-19(26)15-17/h2-15H,1H3,(H,27,29)/b13-11+. The summed E-state index contributed by atoms with van der Waals surface area (Å²) < 4.78 is 13.4. The number of allylic oxidation sites excluding steroid dienone is 1. The predicted octanol–water partition coefficient (Wildman–Crippen LogP) is 5.54. The summed E-state index contributed by atoms with van der Waals surface area (Å²) >= 11 is 0. The molecule has 1 aromatic heterocycles. The van der Waals surface area contributed by atoms with Crippen LogP contribution in [0.2, 0.25) is 0 Å². The van der Waals surface area contributed by atoms with Crippen molar-refractivity contribution in [2.24, 2.45) is 0 Å². The number of carbonyl (C=O) groups excluding carboxylic acids is 1. The van der Waals surface area contributed by atoms with E-state index in [4.69, 9.17) is 0 Å². The molecular formula is C25H18FNO2. The maximum atomic E-state index is 13.4. The maximum Gasteiger partial charge on any atom is 0.260 e. The molecule has 0 aliphatic carbocycles. The van der Waals surface area contributed by atoms with Crippen LogP contribution in [0.3, 0.4) is 0 Å². The van der Waals surface area contributed by atoms with Gasteiger partial charge in [-0.1, -0.05) is 60.2 Å². The molecule has 0 radical (unpaired) electrons. The van der Waals surface area contributed by atoms with Crippen LogP contribution >= 0.6 is 0 Å². The number of halogens is 1. The zero-order valence-electron chi connectivity index (χ0n) is 15.8. The van der Waals surface area contributed by atoms with Gasteiger partial charge in [0.05, 0.1) is 5.56 Å². The highest BCUT2D eigenvalue weighted by Gasteiger charge is 2.19. The van der Waals surface area contributed by atoms with E-state index in [0.717, 1.165) is 16.5 Å². The number of H-pyrrole nitrogens is 1. The lowest BCUT2D eigenvalue weighted by molar-refractivity contribution is 0.104. The molecule has 0 aliphatic rings. The normalized spacial score (nSPS) is 11.2. The summed E-state index contributed by atoms with van der Waals surface area (Å²) in [7, 11) is 0. The summed E-state index contributed by atoms with van der Waals surface area (Å²) in [5.41, 5.74) is 3.25. The Morgan fingerprint density at radius 1 is 0.966 bits per heavy atom. The highest BCUT2D eigenvalue weighted by Crippen LogP contribution is 2.30. The number of aromatic nitrogens is 1. The van der Waals surface area contributed by atoms with Crippen molar-refractivity contribution >= 4 is 22.8 Å². The number of hydrogen-bond acceptors (Lipinski definition) is 2. The third-order valence-corrected chi connectivity index (χ3v) is 4.75. The van der Waals surface area contributed by atoms with Crippen LogP contribution in [0.25, 0.3) is 28.1 Å². The van der Waals surface area contributed by atoms with Crippen LogP contribution in [0.5, 0.6) is 0 Å². The van der Waals surface area contributed by atoms with Gasteiger partial charge in [0, 0.05) is 16.5 Å². The van der Waals surface area contributed by atoms with Crippen molar-refractivity contribution in [3.63, 3.8) is 0 Å². The van der Waals surface area contributed by atoms with Crippen LogP contribution < -0.4 is 5.56 Å². The molecule has 3 nitrogen and oxygen atoms in total. The van der Waals surface area contributed by atoms with Crippen molar-refractivity contribution in [3.05, 3.63) is 112 Å². The molecule has 0 atom stereocenters. The topological polar surface area (TPSA) is 49.9 Å². The van der Waals surface area contributed by atoms with Crippen molar-refractivity contribution in [2.75, 3.05) is 0 Å². The minimum absolute atomic E-state index is 0.0713. The van der Waals surface area contributed by atoms with E-state index in [1.165, 1.54) is 24.3 Å². The first-order valence-electron chi connectivity index (χ1n) is 9.23. The van der Waals surface area contributed by atoms with Gasteiger partial charge >= 0.3 is 0 Å². The smallest absolute Gasteiger partial charge is 0.260 e. The molecule has 0 amide bonds. The Hall–Kier alpha value is -3.79. The lowest BCUT2D eigenvalue weighted by Gasteiger charge is -2.12. The molecule has 0 saturated carbocycles. The van der Waals surface area contributed by atoms with Crippen LogP contribution in [0.15, 0.2) is 83.7 Å². The second-order valence-corrected chi connectivity index (χ2v) is 6.87. The average Bonchev–Trinajstić information content (AvgIpc) is 2.72. The third kappa shape index (κ3) is 3.78. The first-order valence-corrected chi connectivity index (χ1v) is 9.23. The molecule has 29 heavy (non-hydrogen) atoms. The van der Waals surface area contributed by atoms with E-state index in [0.29, 0.717) is 16.6 Å². The summed E-state index contributed by atoms with van der Waals surface area (Å²) in [4.78, 5) is 28.7. The Morgan fingerprint density at radius 3 is 2.52 bits per heavy atom. The van der Waals surface area contributed by atoms with E-state index >= 15 is 0 Å². The van der Waals surface area contributed by atoms with E-state index in [2.05, 4.69) is 4.98 Å². The predicted molar refractivity (Wildman–Crippen MR) is 115 cm³/mol. The molecule has 0 aliphatic heterocycles. The van der Waals surface area contributed by atoms with Crippen LogP contribution in [-0.2, 0) is 0 Å². The van der Waals surface area contributed by atoms with Crippen molar-refractivity contribution in [3.8, 4) is 11.1 Å². The van der Waals surface area contributed by atoms with Gasteiger partial charge in [-0.25, -0.2) is 4.39 Å². The van der Waals surface area contributed by atoms with E-state index in [-0.39, 0.29) is 11.4 Å². The second-order valence-electron chi connectivity index (χ2n) is 6.87. The minimum Gasteiger partial charge on any atom is -0.321 e. The molecule has 0 bridgehead atoms. The van der Waals surface area contributed by atoms with Gasteiger partial charge in [-0.05, 0) is 48.4 Å². The average molecular weight is 383 g/mol. The number of carbonyl (C=O) groups is 1. The van der Waals surface area contributed by atoms with Gasteiger partial charge in [0.25, 0.3) is 5.56 Å². The highest BCUT2D eigenvalue weighted by molar-refractivity contribution is 6.15. The number of aryl methyl sites for hydroxylation is 1. The van der Waals surface area contributed by atoms with E-state index < -0.39 is 11.3 Å². The Kier molecular flexibility index (Phi) is 4.92. The molecule has 1 N–H and O–H groups in total. The molecule has 0 spiro atoms. The fourth-order valence-electron chi connectivity index (χ4n) is 3.41. The van der Waals surface area contributed by atoms with Gasteiger partial charge in [0.15, 0.2) is 5.78 Å². The summed E-state index contributed by atoms with van der Waals surface area (Å²) in [5, 5.41) is 0.804. The molecule has 4 heteroatoms. The molecule has 1 heterocycles. The monoisotopic (exact) mass is 383 g/mol. The van der Waals surface area contributed by atoms with Gasteiger partial charge in [-0.15, -0.1) is 0 Å². The summed E-state index contributed by atoms with van der Waals surface area (Å²) in [6.45, 7) is 1.96.